The van der Waals surface area contributed by atoms with Crippen molar-refractivity contribution in [3.05, 3.63) is 0 Å². The Kier molecular flexibility index (Phi) is 8.12. The van der Waals surface area contributed by atoms with Crippen molar-refractivity contribution < 1.29 is 19.1 Å². The summed E-state index contributed by atoms with van der Waals surface area (Å²) in [5.41, 5.74) is -0.634. The van der Waals surface area contributed by atoms with E-state index in [0.29, 0.717) is 6.42 Å². The van der Waals surface area contributed by atoms with Crippen LogP contribution in [0.3, 0.4) is 0 Å². The van der Waals surface area contributed by atoms with E-state index < -0.39 is 23.8 Å². The molecule has 0 aromatic carbocycles. The van der Waals surface area contributed by atoms with E-state index >= 15 is 0 Å². The summed E-state index contributed by atoms with van der Waals surface area (Å²) in [4.78, 5) is 35.2. The summed E-state index contributed by atoms with van der Waals surface area (Å²) in [5.74, 6) is -0.218. The number of carbonyl (C=O) groups is 3. The van der Waals surface area contributed by atoms with E-state index in [0.717, 1.165) is 6.29 Å². The highest BCUT2D eigenvalue weighted by Gasteiger charge is 2.28. The first-order valence-electron chi connectivity index (χ1n) is 7.71. The smallest absolute Gasteiger partial charge is 0.408 e. The van der Waals surface area contributed by atoms with Crippen LogP contribution in [0.2, 0.25) is 0 Å². The van der Waals surface area contributed by atoms with Crippen molar-refractivity contribution in [2.75, 3.05) is 0 Å². The lowest BCUT2D eigenvalue weighted by Crippen LogP contribution is -2.53. The second-order valence-corrected chi connectivity index (χ2v) is 7.25. The maximum Gasteiger partial charge on any atom is 0.408 e. The molecule has 6 nitrogen and oxygen atoms in total. The first-order valence-corrected chi connectivity index (χ1v) is 7.71. The molecule has 0 rings (SSSR count). The maximum absolute atomic E-state index is 12.3. The first kappa shape index (κ1) is 20.4. The van der Waals surface area contributed by atoms with Crippen molar-refractivity contribution in [2.45, 2.75) is 72.6 Å². The number of ether oxygens (including phenoxy) is 1. The molecule has 6 heteroatoms. The van der Waals surface area contributed by atoms with Gasteiger partial charge in [-0.05, 0) is 39.0 Å². The van der Waals surface area contributed by atoms with Crippen molar-refractivity contribution >= 4 is 18.3 Å². The largest absolute Gasteiger partial charge is 0.444 e. The van der Waals surface area contributed by atoms with E-state index in [4.69, 9.17) is 4.74 Å². The number of alkyl carbamates (subject to hydrolysis) is 1. The Hall–Kier alpha value is -1.59. The van der Waals surface area contributed by atoms with Crippen molar-refractivity contribution in [3.63, 3.8) is 0 Å². The van der Waals surface area contributed by atoms with Gasteiger partial charge in [0.15, 0.2) is 0 Å². The number of carbonyl (C=O) groups excluding carboxylic acids is 3. The fourth-order valence-electron chi connectivity index (χ4n) is 1.90. The number of nitrogens with one attached hydrogen (secondary N) is 2. The minimum absolute atomic E-state index is 0.126. The SMILES string of the molecule is CC(C)C[C@@H](C=O)NC(=O)[C@@H](NC(=O)OC(C)(C)C)C(C)C. The van der Waals surface area contributed by atoms with Crippen LogP contribution in [0, 0.1) is 11.8 Å². The molecule has 0 aliphatic rings. The fraction of sp³-hybridized carbons (Fsp3) is 0.812. The maximum atomic E-state index is 12.3. The van der Waals surface area contributed by atoms with Gasteiger partial charge in [-0.2, -0.15) is 0 Å². The molecule has 0 unspecified atom stereocenters. The lowest BCUT2D eigenvalue weighted by Gasteiger charge is -2.26. The normalized spacial score (nSPS) is 14.4. The third-order valence-corrected chi connectivity index (χ3v) is 2.84. The summed E-state index contributed by atoms with van der Waals surface area (Å²) < 4.78 is 5.16. The minimum Gasteiger partial charge on any atom is -0.444 e. The highest BCUT2D eigenvalue weighted by atomic mass is 16.6. The van der Waals surface area contributed by atoms with Gasteiger partial charge >= 0.3 is 6.09 Å². The van der Waals surface area contributed by atoms with Crippen LogP contribution in [0.5, 0.6) is 0 Å². The highest BCUT2D eigenvalue weighted by Crippen LogP contribution is 2.10. The van der Waals surface area contributed by atoms with Crippen LogP contribution >= 0.6 is 0 Å². The van der Waals surface area contributed by atoms with Crippen molar-refractivity contribution in [1.29, 1.82) is 0 Å². The van der Waals surface area contributed by atoms with E-state index in [9.17, 15) is 14.4 Å². The Morgan fingerprint density at radius 1 is 1.09 bits per heavy atom. The van der Waals surface area contributed by atoms with E-state index in [-0.39, 0.29) is 17.7 Å². The van der Waals surface area contributed by atoms with Gasteiger partial charge in [-0.15, -0.1) is 0 Å². The number of amides is 2. The second kappa shape index (κ2) is 8.76. The molecule has 2 atom stereocenters. The number of hydrogen-bond acceptors (Lipinski definition) is 4. The first-order chi connectivity index (χ1) is 9.96. The summed E-state index contributed by atoms with van der Waals surface area (Å²) in [7, 11) is 0. The molecule has 0 saturated heterocycles. The topological polar surface area (TPSA) is 84.5 Å². The molecule has 0 radical (unpaired) electrons. The summed E-state index contributed by atoms with van der Waals surface area (Å²) in [6, 6.07) is -1.29. The average Bonchev–Trinajstić information content (AvgIpc) is 2.31. The number of aldehydes is 1. The van der Waals surface area contributed by atoms with E-state index in [1.807, 2.05) is 27.7 Å². The zero-order valence-electron chi connectivity index (χ0n) is 14.7. The Labute approximate surface area is 133 Å². The Morgan fingerprint density at radius 3 is 2.00 bits per heavy atom. The molecule has 0 saturated carbocycles. The molecule has 0 aliphatic carbocycles. The predicted octanol–water partition coefficient (Wildman–Crippen LogP) is 2.27. The van der Waals surface area contributed by atoms with Crippen LogP contribution in [-0.2, 0) is 14.3 Å². The quantitative estimate of drug-likeness (QED) is 0.706. The van der Waals surface area contributed by atoms with Gasteiger partial charge in [-0.25, -0.2) is 4.79 Å². The average molecular weight is 314 g/mol. The van der Waals surface area contributed by atoms with Gasteiger partial charge in [0.25, 0.3) is 0 Å². The van der Waals surface area contributed by atoms with Crippen LogP contribution < -0.4 is 10.6 Å². The lowest BCUT2D eigenvalue weighted by molar-refractivity contribution is -0.126. The monoisotopic (exact) mass is 314 g/mol. The molecule has 2 N–H and O–H groups in total. The summed E-state index contributed by atoms with van der Waals surface area (Å²) in [6.07, 6.45) is 0.641. The minimum atomic E-state index is -0.746. The van der Waals surface area contributed by atoms with Gasteiger partial charge in [0.2, 0.25) is 5.91 Å². The van der Waals surface area contributed by atoms with Gasteiger partial charge in [-0.3, -0.25) is 4.79 Å². The van der Waals surface area contributed by atoms with E-state index in [1.165, 1.54) is 0 Å². The molecule has 0 heterocycles. The van der Waals surface area contributed by atoms with Crippen LogP contribution in [0.1, 0.15) is 54.9 Å². The summed E-state index contributed by atoms with van der Waals surface area (Å²) in [6.45, 7) is 12.8. The van der Waals surface area contributed by atoms with Crippen LogP contribution in [0.15, 0.2) is 0 Å². The van der Waals surface area contributed by atoms with Gasteiger partial charge in [0.05, 0.1) is 6.04 Å². The van der Waals surface area contributed by atoms with Gasteiger partial charge in [0, 0.05) is 0 Å². The van der Waals surface area contributed by atoms with Crippen molar-refractivity contribution in [1.82, 2.24) is 10.6 Å². The lowest BCUT2D eigenvalue weighted by atomic mass is 10.0. The molecule has 0 aliphatic heterocycles. The third-order valence-electron chi connectivity index (χ3n) is 2.84. The van der Waals surface area contributed by atoms with Gasteiger partial charge in [-0.1, -0.05) is 27.7 Å². The molecule has 0 bridgehead atoms. The third kappa shape index (κ3) is 8.64. The summed E-state index contributed by atoms with van der Waals surface area (Å²) >= 11 is 0. The molecule has 22 heavy (non-hydrogen) atoms. The molecule has 0 aromatic heterocycles. The standard InChI is InChI=1S/C16H30N2O4/c1-10(2)8-12(9-19)17-14(20)13(11(3)4)18-15(21)22-16(5,6)7/h9-13H,8H2,1-7H3,(H,17,20)(H,18,21)/t12-,13-/m0/s1. The van der Waals surface area contributed by atoms with Crippen LogP contribution in [-0.4, -0.2) is 36.0 Å². The highest BCUT2D eigenvalue weighted by molar-refractivity contribution is 5.87. The number of hydrogen-bond donors (Lipinski definition) is 2. The van der Waals surface area contributed by atoms with Crippen molar-refractivity contribution in [2.24, 2.45) is 11.8 Å². The van der Waals surface area contributed by atoms with Crippen molar-refractivity contribution in [3.8, 4) is 0 Å². The molecule has 0 aromatic rings. The molecule has 0 spiro atoms. The van der Waals surface area contributed by atoms with Crippen LogP contribution in [0.4, 0.5) is 4.79 Å². The van der Waals surface area contributed by atoms with Crippen LogP contribution in [0.25, 0.3) is 0 Å². The van der Waals surface area contributed by atoms with E-state index in [1.54, 1.807) is 20.8 Å². The van der Waals surface area contributed by atoms with Gasteiger partial charge < -0.3 is 20.2 Å². The zero-order valence-corrected chi connectivity index (χ0v) is 14.7. The molecule has 0 fully saturated rings. The van der Waals surface area contributed by atoms with Gasteiger partial charge in [0.1, 0.15) is 17.9 Å². The Morgan fingerprint density at radius 2 is 1.64 bits per heavy atom. The fourth-order valence-corrected chi connectivity index (χ4v) is 1.90. The molecule has 2 amide bonds. The predicted molar refractivity (Wildman–Crippen MR) is 85.4 cm³/mol. The zero-order chi connectivity index (χ0) is 17.5. The Balaban J connectivity index is 4.77. The molecule has 128 valence electrons. The number of rotatable bonds is 7. The summed E-state index contributed by atoms with van der Waals surface area (Å²) in [5, 5.41) is 5.24. The molecular weight excluding hydrogens is 284 g/mol. The second-order valence-electron chi connectivity index (χ2n) is 7.25. The molecular formula is C16H30N2O4. The Bertz CT molecular complexity index is 386. The van der Waals surface area contributed by atoms with E-state index in [2.05, 4.69) is 10.6 Å².